The van der Waals surface area contributed by atoms with Crippen LogP contribution in [0.3, 0.4) is 0 Å². The van der Waals surface area contributed by atoms with Gasteiger partial charge in [-0.25, -0.2) is 0 Å². The van der Waals surface area contributed by atoms with Crippen molar-refractivity contribution in [3.8, 4) is 11.3 Å². The second kappa shape index (κ2) is 3.34. The van der Waals surface area contributed by atoms with Gasteiger partial charge >= 0.3 is 0 Å². The number of hydrogen-bond donors (Lipinski definition) is 1. The summed E-state index contributed by atoms with van der Waals surface area (Å²) in [7, 11) is 1.91. The monoisotopic (exact) mass is 203 g/mol. The van der Waals surface area contributed by atoms with Crippen LogP contribution in [0.2, 0.25) is 0 Å². The normalized spacial score (nSPS) is 10.6. The molecule has 0 saturated heterocycles. The highest BCUT2D eigenvalue weighted by Gasteiger charge is 2.12. The summed E-state index contributed by atoms with van der Waals surface area (Å²) in [6.45, 7) is 3.97. The van der Waals surface area contributed by atoms with E-state index in [0.29, 0.717) is 5.82 Å². The van der Waals surface area contributed by atoms with Gasteiger partial charge in [0.2, 0.25) is 0 Å². The standard InChI is InChI=1S/C10H13N5/c1-6-10(7(2)15(3)14-6)8-4-5-9(11)13-12-8/h4-5H,1-3H3,(H2,11,13). The van der Waals surface area contributed by atoms with Crippen molar-refractivity contribution < 1.29 is 0 Å². The zero-order chi connectivity index (χ0) is 11.0. The Bertz CT molecular complexity index is 483. The molecule has 5 heteroatoms. The Morgan fingerprint density at radius 1 is 1.20 bits per heavy atom. The Labute approximate surface area is 87.9 Å². The van der Waals surface area contributed by atoms with Gasteiger partial charge in [-0.15, -0.1) is 10.2 Å². The van der Waals surface area contributed by atoms with Gasteiger partial charge < -0.3 is 5.73 Å². The summed E-state index contributed by atoms with van der Waals surface area (Å²) in [6.07, 6.45) is 0. The van der Waals surface area contributed by atoms with E-state index in [-0.39, 0.29) is 0 Å². The minimum Gasteiger partial charge on any atom is -0.382 e. The zero-order valence-corrected chi connectivity index (χ0v) is 9.02. The summed E-state index contributed by atoms with van der Waals surface area (Å²) in [6, 6.07) is 3.60. The molecule has 2 N–H and O–H groups in total. The van der Waals surface area contributed by atoms with Crippen molar-refractivity contribution in [1.82, 2.24) is 20.0 Å². The maximum Gasteiger partial charge on any atom is 0.146 e. The van der Waals surface area contributed by atoms with Crippen LogP contribution >= 0.6 is 0 Å². The average Bonchev–Trinajstić information content (AvgIpc) is 2.44. The number of nitrogens with two attached hydrogens (primary N) is 1. The topological polar surface area (TPSA) is 69.6 Å². The average molecular weight is 203 g/mol. The Hall–Kier alpha value is -1.91. The molecule has 2 heterocycles. The third-order valence-corrected chi connectivity index (χ3v) is 2.45. The lowest BCUT2D eigenvalue weighted by Gasteiger charge is -2.00. The molecule has 0 amide bonds. The molecule has 0 unspecified atom stereocenters. The molecule has 0 aliphatic rings. The van der Waals surface area contributed by atoms with Crippen LogP contribution in [0, 0.1) is 13.8 Å². The number of aromatic nitrogens is 4. The molecular weight excluding hydrogens is 190 g/mol. The lowest BCUT2D eigenvalue weighted by molar-refractivity contribution is 0.731. The van der Waals surface area contributed by atoms with Crippen molar-refractivity contribution in [2.75, 3.05) is 5.73 Å². The first-order valence-electron chi connectivity index (χ1n) is 4.69. The third-order valence-electron chi connectivity index (χ3n) is 2.45. The first-order valence-corrected chi connectivity index (χ1v) is 4.69. The van der Waals surface area contributed by atoms with Crippen molar-refractivity contribution in [3.05, 3.63) is 23.5 Å². The molecule has 0 fully saturated rings. The molecule has 0 aliphatic carbocycles. The lowest BCUT2D eigenvalue weighted by atomic mass is 10.1. The molecule has 2 aromatic rings. The fraction of sp³-hybridized carbons (Fsp3) is 0.300. The molecule has 5 nitrogen and oxygen atoms in total. The fourth-order valence-corrected chi connectivity index (χ4v) is 1.62. The summed E-state index contributed by atoms with van der Waals surface area (Å²) >= 11 is 0. The van der Waals surface area contributed by atoms with Gasteiger partial charge in [0.25, 0.3) is 0 Å². The molecule has 0 radical (unpaired) electrons. The van der Waals surface area contributed by atoms with Crippen LogP contribution in [-0.4, -0.2) is 20.0 Å². The van der Waals surface area contributed by atoms with Crippen molar-refractivity contribution in [2.24, 2.45) is 7.05 Å². The van der Waals surface area contributed by atoms with Gasteiger partial charge in [0.05, 0.1) is 11.4 Å². The summed E-state index contributed by atoms with van der Waals surface area (Å²) in [5.41, 5.74) is 9.36. The smallest absolute Gasteiger partial charge is 0.146 e. The molecule has 0 saturated carbocycles. The van der Waals surface area contributed by atoms with Gasteiger partial charge in [-0.3, -0.25) is 4.68 Å². The Morgan fingerprint density at radius 2 is 1.93 bits per heavy atom. The second-order valence-corrected chi connectivity index (χ2v) is 3.51. The number of nitrogens with zero attached hydrogens (tertiary/aromatic N) is 4. The maximum absolute atomic E-state index is 5.49. The van der Waals surface area contributed by atoms with Crippen molar-refractivity contribution in [1.29, 1.82) is 0 Å². The van der Waals surface area contributed by atoms with E-state index in [1.807, 2.05) is 31.6 Å². The second-order valence-electron chi connectivity index (χ2n) is 3.51. The van der Waals surface area contributed by atoms with Crippen LogP contribution in [-0.2, 0) is 7.05 Å². The first-order chi connectivity index (χ1) is 7.09. The molecule has 0 atom stereocenters. The van der Waals surface area contributed by atoms with Crippen LogP contribution in [0.5, 0.6) is 0 Å². The fourth-order valence-electron chi connectivity index (χ4n) is 1.62. The lowest BCUT2D eigenvalue weighted by Crippen LogP contribution is -1.96. The van der Waals surface area contributed by atoms with Gasteiger partial charge in [-0.2, -0.15) is 5.10 Å². The zero-order valence-electron chi connectivity index (χ0n) is 9.02. The van der Waals surface area contributed by atoms with Gasteiger partial charge in [0.1, 0.15) is 5.82 Å². The van der Waals surface area contributed by atoms with Crippen molar-refractivity contribution in [2.45, 2.75) is 13.8 Å². The van der Waals surface area contributed by atoms with Gasteiger partial charge in [-0.1, -0.05) is 0 Å². The molecule has 2 rings (SSSR count). The largest absolute Gasteiger partial charge is 0.382 e. The quantitative estimate of drug-likeness (QED) is 0.752. The summed E-state index contributed by atoms with van der Waals surface area (Å²) in [5, 5.41) is 12.2. The minimum atomic E-state index is 0.429. The predicted octanol–water partition coefficient (Wildman–Crippen LogP) is 1.08. The van der Waals surface area contributed by atoms with Crippen LogP contribution in [0.15, 0.2) is 12.1 Å². The van der Waals surface area contributed by atoms with Crippen LogP contribution in [0.25, 0.3) is 11.3 Å². The van der Waals surface area contributed by atoms with Crippen LogP contribution in [0.1, 0.15) is 11.4 Å². The molecular formula is C10H13N5. The molecule has 15 heavy (non-hydrogen) atoms. The van der Waals surface area contributed by atoms with Crippen molar-refractivity contribution in [3.63, 3.8) is 0 Å². The molecule has 78 valence electrons. The summed E-state index contributed by atoms with van der Waals surface area (Å²) < 4.78 is 1.84. The molecule has 2 aromatic heterocycles. The Morgan fingerprint density at radius 3 is 2.40 bits per heavy atom. The number of aryl methyl sites for hydroxylation is 2. The number of rotatable bonds is 1. The summed E-state index contributed by atoms with van der Waals surface area (Å²) in [4.78, 5) is 0. The third kappa shape index (κ3) is 1.56. The molecule has 0 spiro atoms. The van der Waals surface area contributed by atoms with Crippen molar-refractivity contribution >= 4 is 5.82 Å². The number of anilines is 1. The molecule has 0 aliphatic heterocycles. The molecule has 0 aromatic carbocycles. The van der Waals surface area contributed by atoms with E-state index in [4.69, 9.17) is 5.73 Å². The van der Waals surface area contributed by atoms with Gasteiger partial charge in [-0.05, 0) is 26.0 Å². The van der Waals surface area contributed by atoms with E-state index in [1.165, 1.54) is 0 Å². The Balaban J connectivity index is 2.58. The highest BCUT2D eigenvalue weighted by Crippen LogP contribution is 2.23. The van der Waals surface area contributed by atoms with Gasteiger partial charge in [0.15, 0.2) is 0 Å². The van der Waals surface area contributed by atoms with E-state index < -0.39 is 0 Å². The first kappa shape index (κ1) is 9.64. The van der Waals surface area contributed by atoms with Crippen LogP contribution < -0.4 is 5.73 Å². The van der Waals surface area contributed by atoms with Crippen LogP contribution in [0.4, 0.5) is 5.82 Å². The van der Waals surface area contributed by atoms with Gasteiger partial charge in [0, 0.05) is 18.3 Å². The van der Waals surface area contributed by atoms with E-state index in [1.54, 1.807) is 6.07 Å². The highest BCUT2D eigenvalue weighted by atomic mass is 15.3. The number of hydrogen-bond acceptors (Lipinski definition) is 4. The maximum atomic E-state index is 5.49. The van der Waals surface area contributed by atoms with E-state index in [9.17, 15) is 0 Å². The SMILES string of the molecule is Cc1nn(C)c(C)c1-c1ccc(N)nn1. The van der Waals surface area contributed by atoms with E-state index in [0.717, 1.165) is 22.6 Å². The van der Waals surface area contributed by atoms with E-state index in [2.05, 4.69) is 15.3 Å². The highest BCUT2D eigenvalue weighted by molar-refractivity contribution is 5.64. The molecule has 0 bridgehead atoms. The predicted molar refractivity (Wildman–Crippen MR) is 58.1 cm³/mol. The number of nitrogen functional groups attached to an aromatic ring is 1. The van der Waals surface area contributed by atoms with E-state index >= 15 is 0 Å². The minimum absolute atomic E-state index is 0.429. The Kier molecular flexibility index (Phi) is 2.15. The summed E-state index contributed by atoms with van der Waals surface area (Å²) in [5.74, 6) is 0.429.